The number of fused-ring (bicyclic) bond motifs is 5. The predicted molar refractivity (Wildman–Crippen MR) is 125 cm³/mol. The van der Waals surface area contributed by atoms with Crippen LogP contribution in [0.2, 0.25) is 0 Å². The average molecular weight is 424 g/mol. The molecule has 2 bridgehead atoms. The summed E-state index contributed by atoms with van der Waals surface area (Å²) in [6.07, 6.45) is 3.69. The van der Waals surface area contributed by atoms with E-state index in [1.807, 2.05) is 64.2 Å². The molecule has 1 saturated heterocycles. The van der Waals surface area contributed by atoms with Crippen molar-refractivity contribution in [3.05, 3.63) is 106 Å². The Labute approximate surface area is 186 Å². The van der Waals surface area contributed by atoms with Crippen molar-refractivity contribution in [2.45, 2.75) is 24.8 Å². The number of nitrogens with zero attached hydrogens (tertiary/aromatic N) is 2. The van der Waals surface area contributed by atoms with E-state index < -0.39 is 0 Å². The molecule has 5 heteroatoms. The van der Waals surface area contributed by atoms with Crippen LogP contribution < -0.4 is 5.56 Å². The summed E-state index contributed by atoms with van der Waals surface area (Å²) in [7, 11) is 0. The summed E-state index contributed by atoms with van der Waals surface area (Å²) in [5, 5.41) is 0.964. The Hall–Kier alpha value is -3.60. The van der Waals surface area contributed by atoms with Gasteiger partial charge in [0.25, 0.3) is 11.5 Å². The van der Waals surface area contributed by atoms with Crippen LogP contribution in [0, 0.1) is 5.92 Å². The third kappa shape index (κ3) is 3.08. The molecule has 6 rings (SSSR count). The molecule has 0 aliphatic carbocycles. The number of hydrogen-bond donors (Lipinski definition) is 1. The number of pyridine rings is 1. The summed E-state index contributed by atoms with van der Waals surface area (Å²) < 4.78 is 2.01. The van der Waals surface area contributed by atoms with Gasteiger partial charge < -0.3 is 14.5 Å². The molecule has 1 amide bonds. The van der Waals surface area contributed by atoms with Crippen molar-refractivity contribution in [1.29, 1.82) is 0 Å². The first kappa shape index (κ1) is 19.1. The van der Waals surface area contributed by atoms with Gasteiger partial charge >= 0.3 is 0 Å². The molecule has 2 aromatic heterocycles. The average Bonchev–Trinajstić information content (AvgIpc) is 3.31. The van der Waals surface area contributed by atoms with Crippen molar-refractivity contribution < 1.29 is 4.79 Å². The maximum absolute atomic E-state index is 13.6. The van der Waals surface area contributed by atoms with E-state index in [-0.39, 0.29) is 29.3 Å². The molecule has 4 aromatic rings. The molecular weight excluding hydrogens is 398 g/mol. The zero-order valence-corrected chi connectivity index (χ0v) is 17.8. The number of aromatic nitrogens is 2. The van der Waals surface area contributed by atoms with Crippen molar-refractivity contribution in [2.24, 2.45) is 5.92 Å². The lowest BCUT2D eigenvalue weighted by Crippen LogP contribution is -2.51. The van der Waals surface area contributed by atoms with Crippen LogP contribution in [0.25, 0.3) is 10.9 Å². The molecule has 2 aromatic carbocycles. The van der Waals surface area contributed by atoms with Gasteiger partial charge in [0.15, 0.2) is 0 Å². The fourth-order valence-corrected chi connectivity index (χ4v) is 5.77. The second-order valence-electron chi connectivity index (χ2n) is 9.06. The summed E-state index contributed by atoms with van der Waals surface area (Å²) in [5.74, 6) is 0.509. The number of carbonyl (C=O) groups is 1. The van der Waals surface area contributed by atoms with Crippen LogP contribution in [0.4, 0.5) is 0 Å². The Morgan fingerprint density at radius 3 is 2.66 bits per heavy atom. The van der Waals surface area contributed by atoms with E-state index >= 15 is 0 Å². The minimum absolute atomic E-state index is 0.0519. The van der Waals surface area contributed by atoms with Gasteiger partial charge in [0, 0.05) is 59.5 Å². The van der Waals surface area contributed by atoms with Gasteiger partial charge in [-0.1, -0.05) is 42.5 Å². The van der Waals surface area contributed by atoms with Gasteiger partial charge in [-0.05, 0) is 48.6 Å². The van der Waals surface area contributed by atoms with Crippen molar-refractivity contribution in [3.63, 3.8) is 0 Å². The number of aromatic amines is 1. The SMILES string of the molecule is O=C(c1cccc2[nH]ccc12)N1C[C@H]2C[C@@H](C1)[C@H](Cc1ccccc1)n1c2cccc1=O. The predicted octanol–water partition coefficient (Wildman–Crippen LogP) is 4.37. The van der Waals surface area contributed by atoms with E-state index in [4.69, 9.17) is 0 Å². The Kier molecular flexibility index (Phi) is 4.49. The molecule has 160 valence electrons. The van der Waals surface area contributed by atoms with E-state index in [2.05, 4.69) is 23.2 Å². The fraction of sp³-hybridized carbons (Fsp3) is 0.259. The molecule has 0 saturated carbocycles. The normalized spacial score (nSPS) is 22.0. The number of benzene rings is 2. The first-order valence-electron chi connectivity index (χ1n) is 11.3. The minimum Gasteiger partial charge on any atom is -0.361 e. The van der Waals surface area contributed by atoms with Crippen LogP contribution in [-0.2, 0) is 6.42 Å². The van der Waals surface area contributed by atoms with E-state index in [1.54, 1.807) is 6.07 Å². The van der Waals surface area contributed by atoms with Crippen LogP contribution in [0.5, 0.6) is 0 Å². The summed E-state index contributed by atoms with van der Waals surface area (Å²) in [4.78, 5) is 31.8. The van der Waals surface area contributed by atoms with Gasteiger partial charge in [0.05, 0.1) is 0 Å². The molecule has 0 spiro atoms. The zero-order chi connectivity index (χ0) is 21.7. The Morgan fingerprint density at radius 1 is 0.938 bits per heavy atom. The number of rotatable bonds is 3. The van der Waals surface area contributed by atoms with Crippen LogP contribution in [0.15, 0.2) is 83.8 Å². The van der Waals surface area contributed by atoms with E-state index in [0.717, 1.165) is 35.0 Å². The van der Waals surface area contributed by atoms with E-state index in [0.29, 0.717) is 13.1 Å². The van der Waals surface area contributed by atoms with Crippen LogP contribution in [-0.4, -0.2) is 33.4 Å². The molecule has 2 aliphatic heterocycles. The second kappa shape index (κ2) is 7.52. The highest BCUT2D eigenvalue weighted by atomic mass is 16.2. The highest BCUT2D eigenvalue weighted by Crippen LogP contribution is 2.42. The summed E-state index contributed by atoms with van der Waals surface area (Å²) in [6.45, 7) is 1.33. The van der Waals surface area contributed by atoms with Gasteiger partial charge in [-0.3, -0.25) is 9.59 Å². The number of H-pyrrole nitrogens is 1. The highest BCUT2D eigenvalue weighted by molar-refractivity contribution is 6.06. The molecule has 1 fully saturated rings. The third-order valence-electron chi connectivity index (χ3n) is 7.20. The van der Waals surface area contributed by atoms with Crippen molar-refractivity contribution in [2.75, 3.05) is 13.1 Å². The highest BCUT2D eigenvalue weighted by Gasteiger charge is 2.42. The molecular formula is C27H25N3O2. The molecule has 0 unspecified atom stereocenters. The second-order valence-corrected chi connectivity index (χ2v) is 9.06. The first-order valence-corrected chi connectivity index (χ1v) is 11.3. The summed E-state index contributed by atoms with van der Waals surface area (Å²) in [5.41, 5.74) is 4.07. The van der Waals surface area contributed by atoms with Crippen LogP contribution >= 0.6 is 0 Å². The Bertz CT molecular complexity index is 1350. The summed E-state index contributed by atoms with van der Waals surface area (Å²) >= 11 is 0. The topological polar surface area (TPSA) is 58.1 Å². The van der Waals surface area contributed by atoms with Crippen LogP contribution in [0.1, 0.15) is 40.0 Å². The lowest BCUT2D eigenvalue weighted by Gasteiger charge is -2.47. The standard InChI is InChI=1S/C27H25N3O2/c31-26-11-5-10-24-19-15-20(25(30(24)26)14-18-6-2-1-3-7-18)17-29(16-19)27(32)22-8-4-9-23-21(22)12-13-28-23/h1-13,19-20,25,28H,14-17H2/t19-,20+,25+/m1/s1. The van der Waals surface area contributed by atoms with Gasteiger partial charge in [0.1, 0.15) is 0 Å². The third-order valence-corrected chi connectivity index (χ3v) is 7.20. The smallest absolute Gasteiger partial charge is 0.254 e. The number of amides is 1. The number of carbonyl (C=O) groups excluding carboxylic acids is 1. The quantitative estimate of drug-likeness (QED) is 0.532. The Balaban J connectivity index is 1.39. The lowest BCUT2D eigenvalue weighted by molar-refractivity contribution is 0.0530. The molecule has 1 N–H and O–H groups in total. The van der Waals surface area contributed by atoms with Crippen molar-refractivity contribution in [3.8, 4) is 0 Å². The largest absolute Gasteiger partial charge is 0.361 e. The number of hydrogen-bond acceptors (Lipinski definition) is 2. The van der Waals surface area contributed by atoms with Gasteiger partial charge in [-0.25, -0.2) is 0 Å². The molecule has 4 heterocycles. The monoisotopic (exact) mass is 423 g/mol. The number of likely N-dealkylation sites (tertiary alicyclic amines) is 1. The maximum atomic E-state index is 13.6. The van der Waals surface area contributed by atoms with E-state index in [1.165, 1.54) is 5.56 Å². The molecule has 2 aliphatic rings. The van der Waals surface area contributed by atoms with E-state index in [9.17, 15) is 9.59 Å². The number of piperidine rings is 1. The lowest BCUT2D eigenvalue weighted by atomic mass is 9.76. The number of nitrogens with one attached hydrogen (secondary N) is 1. The van der Waals surface area contributed by atoms with Crippen molar-refractivity contribution in [1.82, 2.24) is 14.5 Å². The first-order chi connectivity index (χ1) is 15.7. The fourth-order valence-electron chi connectivity index (χ4n) is 5.77. The molecule has 32 heavy (non-hydrogen) atoms. The van der Waals surface area contributed by atoms with Crippen LogP contribution in [0.3, 0.4) is 0 Å². The molecule has 0 radical (unpaired) electrons. The van der Waals surface area contributed by atoms with Crippen molar-refractivity contribution >= 4 is 16.8 Å². The molecule has 3 atom stereocenters. The zero-order valence-electron chi connectivity index (χ0n) is 17.8. The van der Waals surface area contributed by atoms with Gasteiger partial charge in [-0.2, -0.15) is 0 Å². The van der Waals surface area contributed by atoms with Gasteiger partial charge in [0.2, 0.25) is 0 Å². The Morgan fingerprint density at radius 2 is 1.78 bits per heavy atom. The molecule has 5 nitrogen and oxygen atoms in total. The summed E-state index contributed by atoms with van der Waals surface area (Å²) in [6, 6.07) is 23.8. The minimum atomic E-state index is 0.0519. The maximum Gasteiger partial charge on any atom is 0.254 e. The van der Waals surface area contributed by atoms with Gasteiger partial charge in [-0.15, -0.1) is 0 Å².